The molecule has 0 saturated carbocycles. The Balaban J connectivity index is 3.24. The average Bonchev–Trinajstić information content (AvgIpc) is 2.33. The third kappa shape index (κ3) is 2.94. The molecule has 2 nitrogen and oxygen atoms in total. The van der Waals surface area contributed by atoms with Gasteiger partial charge in [-0.15, -0.1) is 0 Å². The van der Waals surface area contributed by atoms with Crippen LogP contribution in [0, 0.1) is 29.1 Å². The van der Waals surface area contributed by atoms with E-state index < -0.39 is 52.4 Å². The van der Waals surface area contributed by atoms with Gasteiger partial charge in [-0.25, -0.2) is 26.7 Å². The van der Waals surface area contributed by atoms with E-state index in [4.69, 9.17) is 11.6 Å². The lowest BCUT2D eigenvalue weighted by Gasteiger charge is -2.15. The van der Waals surface area contributed by atoms with E-state index in [-0.39, 0.29) is 0 Å². The highest BCUT2D eigenvalue weighted by molar-refractivity contribution is 6.20. The second-order valence-electron chi connectivity index (χ2n) is 3.20. The van der Waals surface area contributed by atoms with Crippen LogP contribution in [0.3, 0.4) is 0 Å². The Labute approximate surface area is 109 Å². The first kappa shape index (κ1) is 16.5. The molecule has 11 heteroatoms. The number of halogens is 9. The van der Waals surface area contributed by atoms with E-state index in [0.717, 1.165) is 0 Å². The molecule has 20 heavy (non-hydrogen) atoms. The number of rotatable bonds is 2. The molecule has 0 amide bonds. The summed E-state index contributed by atoms with van der Waals surface area (Å²) in [6.45, 7) is 0. The van der Waals surface area contributed by atoms with Gasteiger partial charge in [-0.05, 0) is 0 Å². The van der Waals surface area contributed by atoms with Gasteiger partial charge >= 0.3 is 12.1 Å². The summed E-state index contributed by atoms with van der Waals surface area (Å²) in [4.78, 5) is 10.4. The Bertz CT molecular complexity index is 527. The van der Waals surface area contributed by atoms with Gasteiger partial charge in [0.1, 0.15) is 0 Å². The molecule has 1 aromatic rings. The van der Waals surface area contributed by atoms with Crippen LogP contribution < -0.4 is 0 Å². The molecular weight excluding hydrogens is 328 g/mol. The van der Waals surface area contributed by atoms with Crippen molar-refractivity contribution in [3.63, 3.8) is 0 Å². The van der Waals surface area contributed by atoms with Crippen LogP contribution >= 0.6 is 11.6 Å². The largest absolute Gasteiger partial charge is 0.490 e. The van der Waals surface area contributed by atoms with E-state index in [1.165, 1.54) is 0 Å². The molecule has 1 aromatic carbocycles. The van der Waals surface area contributed by atoms with Gasteiger partial charge in [0.05, 0.1) is 5.56 Å². The van der Waals surface area contributed by atoms with Gasteiger partial charge in [-0.1, -0.05) is 11.6 Å². The normalized spacial score (nSPS) is 13.2. The minimum atomic E-state index is -5.56. The lowest BCUT2D eigenvalue weighted by atomic mass is 10.2. The highest BCUT2D eigenvalue weighted by atomic mass is 35.5. The van der Waals surface area contributed by atoms with Crippen molar-refractivity contribution < 1.29 is 44.7 Å². The molecule has 112 valence electrons. The zero-order chi connectivity index (χ0) is 15.8. The zero-order valence-electron chi connectivity index (χ0n) is 8.80. The first-order chi connectivity index (χ1) is 8.98. The van der Waals surface area contributed by atoms with Crippen molar-refractivity contribution in [3.8, 4) is 0 Å². The average molecular weight is 329 g/mol. The summed E-state index contributed by atoms with van der Waals surface area (Å²) in [5.41, 5.74) is -4.76. The minimum Gasteiger partial charge on any atom is -0.434 e. The third-order valence-corrected chi connectivity index (χ3v) is 2.22. The molecule has 0 N–H and O–H groups in total. The Morgan fingerprint density at radius 3 is 1.60 bits per heavy atom. The van der Waals surface area contributed by atoms with Crippen LogP contribution in [0.5, 0.6) is 0 Å². The SMILES string of the molecule is O=C(OC(Cl)c1c(F)c(F)c(F)c(F)c1F)C(F)(F)F. The van der Waals surface area contributed by atoms with E-state index >= 15 is 0 Å². The highest BCUT2D eigenvalue weighted by Gasteiger charge is 2.43. The van der Waals surface area contributed by atoms with Crippen LogP contribution in [0.25, 0.3) is 0 Å². The van der Waals surface area contributed by atoms with Crippen molar-refractivity contribution in [2.75, 3.05) is 0 Å². The number of hydrogen-bond donors (Lipinski definition) is 0. The van der Waals surface area contributed by atoms with Gasteiger partial charge in [0.2, 0.25) is 11.4 Å². The van der Waals surface area contributed by atoms with E-state index in [1.807, 2.05) is 0 Å². The minimum absolute atomic E-state index is 1.90. The maximum Gasteiger partial charge on any atom is 0.490 e. The van der Waals surface area contributed by atoms with E-state index in [2.05, 4.69) is 4.74 Å². The lowest BCUT2D eigenvalue weighted by Crippen LogP contribution is -2.26. The molecule has 1 atom stereocenters. The molecule has 1 rings (SSSR count). The maximum atomic E-state index is 13.1. The second kappa shape index (κ2) is 5.43. The first-order valence-corrected chi connectivity index (χ1v) is 4.85. The number of benzene rings is 1. The zero-order valence-corrected chi connectivity index (χ0v) is 9.55. The Morgan fingerprint density at radius 2 is 1.25 bits per heavy atom. The van der Waals surface area contributed by atoms with Gasteiger partial charge in [-0.3, -0.25) is 0 Å². The van der Waals surface area contributed by atoms with E-state index in [1.54, 1.807) is 0 Å². The Morgan fingerprint density at radius 1 is 0.900 bits per heavy atom. The summed E-state index contributed by atoms with van der Waals surface area (Å²) in [5.74, 6) is -15.4. The maximum absolute atomic E-state index is 13.1. The number of ether oxygens (including phenoxy) is 1. The van der Waals surface area contributed by atoms with Crippen LogP contribution in [-0.4, -0.2) is 12.1 Å². The van der Waals surface area contributed by atoms with Crippen molar-refractivity contribution in [2.45, 2.75) is 11.7 Å². The molecule has 0 saturated heterocycles. The van der Waals surface area contributed by atoms with Crippen molar-refractivity contribution in [2.24, 2.45) is 0 Å². The fourth-order valence-electron chi connectivity index (χ4n) is 1.04. The summed E-state index contributed by atoms with van der Waals surface area (Å²) in [7, 11) is 0. The molecule has 0 aromatic heterocycles. The Hall–Kier alpha value is -1.58. The van der Waals surface area contributed by atoms with Gasteiger partial charge in [0, 0.05) is 0 Å². The summed E-state index contributed by atoms with van der Waals surface area (Å²) >= 11 is 4.94. The van der Waals surface area contributed by atoms with Gasteiger partial charge in [-0.2, -0.15) is 13.2 Å². The molecule has 0 aliphatic heterocycles. The summed E-state index contributed by atoms with van der Waals surface area (Å²) in [6, 6.07) is 0. The molecule has 0 radical (unpaired) electrons. The fourth-order valence-corrected chi connectivity index (χ4v) is 1.31. The predicted molar refractivity (Wildman–Crippen MR) is 47.0 cm³/mol. The number of alkyl halides is 4. The van der Waals surface area contributed by atoms with Crippen molar-refractivity contribution in [1.29, 1.82) is 0 Å². The van der Waals surface area contributed by atoms with Crippen molar-refractivity contribution in [3.05, 3.63) is 34.6 Å². The molecule has 0 bridgehead atoms. The smallest absolute Gasteiger partial charge is 0.434 e. The number of esters is 1. The topological polar surface area (TPSA) is 26.3 Å². The molecule has 1 unspecified atom stereocenters. The van der Waals surface area contributed by atoms with E-state index in [9.17, 15) is 39.9 Å². The quantitative estimate of drug-likeness (QED) is 0.272. The van der Waals surface area contributed by atoms with Gasteiger partial charge in [0.15, 0.2) is 23.3 Å². The van der Waals surface area contributed by atoms with Crippen LogP contribution in [0.1, 0.15) is 11.1 Å². The summed E-state index contributed by atoms with van der Waals surface area (Å²) in [6.07, 6.45) is -5.56. The predicted octanol–water partition coefficient (Wildman–Crippen LogP) is 3.72. The summed E-state index contributed by atoms with van der Waals surface area (Å²) in [5, 5.41) is 0. The molecule has 0 spiro atoms. The molecule has 0 fully saturated rings. The fraction of sp³-hybridized carbons (Fsp3) is 0.222. The van der Waals surface area contributed by atoms with Crippen LogP contribution in [0.15, 0.2) is 0 Å². The van der Waals surface area contributed by atoms with Crippen molar-refractivity contribution in [1.82, 2.24) is 0 Å². The molecule has 0 aliphatic rings. The van der Waals surface area contributed by atoms with Gasteiger partial charge < -0.3 is 4.74 Å². The highest BCUT2D eigenvalue weighted by Crippen LogP contribution is 2.33. The third-order valence-electron chi connectivity index (χ3n) is 1.91. The molecule has 0 heterocycles. The number of carbonyl (C=O) groups excluding carboxylic acids is 1. The standard InChI is InChI=1S/C9HClF8O2/c10-7(20-8(19)9(16,17)18)1-2(11)4(13)6(15)5(14)3(1)12/h7H. The number of carbonyl (C=O) groups is 1. The Kier molecular flexibility index (Phi) is 4.47. The molecule has 0 aliphatic carbocycles. The van der Waals surface area contributed by atoms with Crippen LogP contribution in [0.4, 0.5) is 35.1 Å². The number of hydrogen-bond acceptors (Lipinski definition) is 2. The van der Waals surface area contributed by atoms with Crippen molar-refractivity contribution >= 4 is 17.6 Å². The first-order valence-electron chi connectivity index (χ1n) is 4.41. The second-order valence-corrected chi connectivity index (χ2v) is 3.60. The van der Waals surface area contributed by atoms with Crippen LogP contribution in [-0.2, 0) is 9.53 Å². The van der Waals surface area contributed by atoms with Gasteiger partial charge in [0.25, 0.3) is 0 Å². The van der Waals surface area contributed by atoms with E-state index in [0.29, 0.717) is 0 Å². The monoisotopic (exact) mass is 328 g/mol. The van der Waals surface area contributed by atoms with Crippen LogP contribution in [0.2, 0.25) is 0 Å². The molecular formula is C9HClF8O2. The lowest BCUT2D eigenvalue weighted by molar-refractivity contribution is -0.202. The summed E-state index contributed by atoms with van der Waals surface area (Å²) < 4.78 is 103.